The molecule has 3 heteroatoms. The van der Waals surface area contributed by atoms with Crippen LogP contribution in [0.15, 0.2) is 84.9 Å². The van der Waals surface area contributed by atoms with Crippen LogP contribution >= 0.6 is 0 Å². The van der Waals surface area contributed by atoms with E-state index in [1.165, 1.54) is 5.56 Å². The Labute approximate surface area is 167 Å². The first-order valence-electron chi connectivity index (χ1n) is 9.84. The molecule has 0 amide bonds. The lowest BCUT2D eigenvalue weighted by Crippen LogP contribution is -2.28. The third-order valence-electron chi connectivity index (χ3n) is 4.74. The predicted octanol–water partition coefficient (Wildman–Crippen LogP) is 6.20. The SMILES string of the molecule is CCC(C)c1ccc(OC(COc2ccccc2)OCc2ccccc2)cc1. The summed E-state index contributed by atoms with van der Waals surface area (Å²) in [6.45, 7) is 5.21. The summed E-state index contributed by atoms with van der Waals surface area (Å²) in [5, 5.41) is 0. The Morgan fingerprint density at radius 2 is 1.39 bits per heavy atom. The van der Waals surface area contributed by atoms with Crippen LogP contribution in [-0.2, 0) is 11.3 Å². The van der Waals surface area contributed by atoms with Crippen LogP contribution in [0.2, 0.25) is 0 Å². The molecular formula is C25H28O3. The highest BCUT2D eigenvalue weighted by Crippen LogP contribution is 2.22. The molecular weight excluding hydrogens is 348 g/mol. The van der Waals surface area contributed by atoms with Gasteiger partial charge in [0.25, 0.3) is 0 Å². The fourth-order valence-corrected chi connectivity index (χ4v) is 2.82. The first-order valence-corrected chi connectivity index (χ1v) is 9.84. The molecule has 146 valence electrons. The van der Waals surface area contributed by atoms with E-state index in [1.54, 1.807) is 0 Å². The molecule has 0 fully saturated rings. The van der Waals surface area contributed by atoms with Crippen LogP contribution in [0, 0.1) is 0 Å². The van der Waals surface area contributed by atoms with Gasteiger partial charge in [-0.05, 0) is 47.7 Å². The molecule has 0 spiro atoms. The molecule has 0 aliphatic heterocycles. The second-order valence-electron chi connectivity index (χ2n) is 6.85. The summed E-state index contributed by atoms with van der Waals surface area (Å²) in [5.41, 5.74) is 2.42. The van der Waals surface area contributed by atoms with Gasteiger partial charge >= 0.3 is 0 Å². The van der Waals surface area contributed by atoms with Crippen molar-refractivity contribution < 1.29 is 14.2 Å². The molecule has 3 aromatic rings. The quantitative estimate of drug-likeness (QED) is 0.394. The lowest BCUT2D eigenvalue weighted by molar-refractivity contribution is -0.110. The van der Waals surface area contributed by atoms with Gasteiger partial charge in [-0.15, -0.1) is 0 Å². The maximum absolute atomic E-state index is 6.08. The van der Waals surface area contributed by atoms with Gasteiger partial charge in [-0.2, -0.15) is 0 Å². The van der Waals surface area contributed by atoms with Crippen molar-refractivity contribution in [2.45, 2.75) is 39.1 Å². The lowest BCUT2D eigenvalue weighted by Gasteiger charge is -2.21. The molecule has 0 aromatic heterocycles. The van der Waals surface area contributed by atoms with Gasteiger partial charge in [0.2, 0.25) is 6.29 Å². The maximum Gasteiger partial charge on any atom is 0.234 e. The van der Waals surface area contributed by atoms with Crippen LogP contribution in [0.5, 0.6) is 11.5 Å². The first kappa shape index (κ1) is 20.0. The average molecular weight is 376 g/mol. The molecule has 0 aliphatic rings. The smallest absolute Gasteiger partial charge is 0.234 e. The predicted molar refractivity (Wildman–Crippen MR) is 113 cm³/mol. The normalized spacial score (nSPS) is 12.9. The minimum absolute atomic E-state index is 0.309. The summed E-state index contributed by atoms with van der Waals surface area (Å²) in [6, 6.07) is 28.0. The minimum Gasteiger partial charge on any atom is -0.487 e. The van der Waals surface area contributed by atoms with Crippen molar-refractivity contribution in [3.8, 4) is 11.5 Å². The van der Waals surface area contributed by atoms with Gasteiger partial charge in [-0.3, -0.25) is 0 Å². The second kappa shape index (κ2) is 10.5. The number of hydrogen-bond acceptors (Lipinski definition) is 3. The molecule has 28 heavy (non-hydrogen) atoms. The number of para-hydroxylation sites is 1. The molecule has 2 unspecified atom stereocenters. The van der Waals surface area contributed by atoms with Crippen molar-refractivity contribution in [2.75, 3.05) is 6.61 Å². The summed E-state index contributed by atoms with van der Waals surface area (Å²) in [7, 11) is 0. The van der Waals surface area contributed by atoms with E-state index in [0.717, 1.165) is 23.5 Å². The number of ether oxygens (including phenoxy) is 3. The van der Waals surface area contributed by atoms with E-state index >= 15 is 0 Å². The molecule has 0 aliphatic carbocycles. The highest BCUT2D eigenvalue weighted by Gasteiger charge is 2.13. The summed E-state index contributed by atoms with van der Waals surface area (Å²) >= 11 is 0. The molecule has 2 atom stereocenters. The molecule has 0 heterocycles. The number of benzene rings is 3. The van der Waals surface area contributed by atoms with Crippen molar-refractivity contribution in [1.29, 1.82) is 0 Å². The van der Waals surface area contributed by atoms with Crippen molar-refractivity contribution in [2.24, 2.45) is 0 Å². The largest absolute Gasteiger partial charge is 0.487 e. The Kier molecular flexibility index (Phi) is 7.51. The topological polar surface area (TPSA) is 27.7 Å². The van der Waals surface area contributed by atoms with Crippen LogP contribution < -0.4 is 9.47 Å². The van der Waals surface area contributed by atoms with Crippen LogP contribution in [-0.4, -0.2) is 12.9 Å². The molecule has 0 radical (unpaired) electrons. The number of rotatable bonds is 10. The fourth-order valence-electron chi connectivity index (χ4n) is 2.82. The summed E-state index contributed by atoms with van der Waals surface area (Å²) < 4.78 is 17.9. The van der Waals surface area contributed by atoms with Crippen molar-refractivity contribution in [3.05, 3.63) is 96.1 Å². The second-order valence-corrected chi connectivity index (χ2v) is 6.85. The van der Waals surface area contributed by atoms with E-state index < -0.39 is 6.29 Å². The van der Waals surface area contributed by atoms with E-state index in [2.05, 4.69) is 26.0 Å². The zero-order valence-corrected chi connectivity index (χ0v) is 16.6. The summed E-state index contributed by atoms with van der Waals surface area (Å²) in [6.07, 6.45) is 0.614. The lowest BCUT2D eigenvalue weighted by atomic mass is 9.99. The van der Waals surface area contributed by atoms with Crippen molar-refractivity contribution in [3.63, 3.8) is 0 Å². The standard InChI is InChI=1S/C25H28O3/c1-3-20(2)22-14-16-24(17-15-22)28-25(19-26-23-12-8-5-9-13-23)27-18-21-10-6-4-7-11-21/h4-17,20,25H,3,18-19H2,1-2H3. The molecule has 0 saturated carbocycles. The van der Waals surface area contributed by atoms with Gasteiger partial charge < -0.3 is 14.2 Å². The van der Waals surface area contributed by atoms with E-state index in [4.69, 9.17) is 14.2 Å². The average Bonchev–Trinajstić information content (AvgIpc) is 2.77. The van der Waals surface area contributed by atoms with Crippen LogP contribution in [0.4, 0.5) is 0 Å². The molecule has 3 nitrogen and oxygen atoms in total. The van der Waals surface area contributed by atoms with Crippen molar-refractivity contribution >= 4 is 0 Å². The fraction of sp³-hybridized carbons (Fsp3) is 0.280. The zero-order valence-electron chi connectivity index (χ0n) is 16.6. The highest BCUT2D eigenvalue weighted by molar-refractivity contribution is 5.29. The van der Waals surface area contributed by atoms with Gasteiger partial charge in [-0.25, -0.2) is 0 Å². The molecule has 0 bridgehead atoms. The highest BCUT2D eigenvalue weighted by atomic mass is 16.7. The van der Waals surface area contributed by atoms with Gasteiger partial charge in [0.1, 0.15) is 11.5 Å². The summed E-state index contributed by atoms with van der Waals surface area (Å²) in [4.78, 5) is 0. The zero-order chi connectivity index (χ0) is 19.6. The third-order valence-corrected chi connectivity index (χ3v) is 4.74. The van der Waals surface area contributed by atoms with Gasteiger partial charge in [0.05, 0.1) is 6.61 Å². The van der Waals surface area contributed by atoms with Crippen molar-refractivity contribution in [1.82, 2.24) is 0 Å². The molecule has 0 saturated heterocycles. The van der Waals surface area contributed by atoms with Gasteiger partial charge in [0, 0.05) is 0 Å². The minimum atomic E-state index is -0.505. The Morgan fingerprint density at radius 3 is 2.04 bits per heavy atom. The third kappa shape index (κ3) is 6.14. The van der Waals surface area contributed by atoms with E-state index in [9.17, 15) is 0 Å². The first-order chi connectivity index (χ1) is 13.7. The monoisotopic (exact) mass is 376 g/mol. The van der Waals surface area contributed by atoms with E-state index in [-0.39, 0.29) is 0 Å². The van der Waals surface area contributed by atoms with Crippen LogP contribution in [0.25, 0.3) is 0 Å². The molecule has 3 aromatic carbocycles. The van der Waals surface area contributed by atoms with E-state index in [1.807, 2.05) is 72.8 Å². The molecule has 0 N–H and O–H groups in total. The van der Waals surface area contributed by atoms with Gasteiger partial charge in [-0.1, -0.05) is 74.5 Å². The Hall–Kier alpha value is -2.78. The maximum atomic E-state index is 6.08. The van der Waals surface area contributed by atoms with E-state index in [0.29, 0.717) is 19.1 Å². The van der Waals surface area contributed by atoms with Crippen LogP contribution in [0.3, 0.4) is 0 Å². The summed E-state index contributed by atoms with van der Waals surface area (Å²) in [5.74, 6) is 2.12. The number of hydrogen-bond donors (Lipinski definition) is 0. The van der Waals surface area contributed by atoms with Gasteiger partial charge in [0.15, 0.2) is 6.61 Å². The molecule has 3 rings (SSSR count). The van der Waals surface area contributed by atoms with Crippen LogP contribution in [0.1, 0.15) is 37.3 Å². The Bertz CT molecular complexity index is 757. The Balaban J connectivity index is 1.64. The Morgan fingerprint density at radius 1 is 0.750 bits per heavy atom.